The van der Waals surface area contributed by atoms with Gasteiger partial charge >= 0.3 is 0 Å². The van der Waals surface area contributed by atoms with Crippen molar-refractivity contribution in [3.05, 3.63) is 65.0 Å². The number of benzene rings is 1. The number of nitrogens with zero attached hydrogens (tertiary/aromatic N) is 1. The van der Waals surface area contributed by atoms with E-state index in [1.54, 1.807) is 0 Å². The minimum Gasteiger partial charge on any atom is -0.392 e. The van der Waals surface area contributed by atoms with Gasteiger partial charge in [0.2, 0.25) is 0 Å². The number of hydrogen-bond donors (Lipinski definition) is 2. The fourth-order valence-corrected chi connectivity index (χ4v) is 1.94. The molecule has 0 saturated carbocycles. The first-order chi connectivity index (χ1) is 9.31. The highest BCUT2D eigenvalue weighted by atomic mass is 16.3. The largest absolute Gasteiger partial charge is 0.392 e. The normalized spacial score (nSPS) is 10.6. The molecule has 0 spiro atoms. The SMILES string of the molecule is CCc1ccc(CNCc2cccc(CO)c2)nc1. The Balaban J connectivity index is 1.85. The summed E-state index contributed by atoms with van der Waals surface area (Å²) < 4.78 is 0. The highest BCUT2D eigenvalue weighted by Crippen LogP contribution is 2.06. The molecule has 0 aliphatic heterocycles. The molecule has 1 aromatic heterocycles. The van der Waals surface area contributed by atoms with E-state index in [2.05, 4.69) is 35.4 Å². The van der Waals surface area contributed by atoms with Gasteiger partial charge in [-0.3, -0.25) is 4.98 Å². The second-order valence-electron chi connectivity index (χ2n) is 4.59. The van der Waals surface area contributed by atoms with Gasteiger partial charge in [-0.25, -0.2) is 0 Å². The highest BCUT2D eigenvalue weighted by Gasteiger charge is 1.97. The molecule has 100 valence electrons. The van der Waals surface area contributed by atoms with Crippen LogP contribution in [0.5, 0.6) is 0 Å². The third-order valence-electron chi connectivity index (χ3n) is 3.10. The van der Waals surface area contributed by atoms with Crippen LogP contribution in [0.25, 0.3) is 0 Å². The van der Waals surface area contributed by atoms with Crippen molar-refractivity contribution >= 4 is 0 Å². The van der Waals surface area contributed by atoms with Crippen molar-refractivity contribution in [1.82, 2.24) is 10.3 Å². The summed E-state index contributed by atoms with van der Waals surface area (Å²) in [5.74, 6) is 0. The number of hydrogen-bond acceptors (Lipinski definition) is 3. The van der Waals surface area contributed by atoms with Crippen LogP contribution in [0.4, 0.5) is 0 Å². The highest BCUT2D eigenvalue weighted by molar-refractivity contribution is 5.22. The Bertz CT molecular complexity index is 508. The number of aliphatic hydroxyl groups is 1. The Morgan fingerprint density at radius 2 is 1.89 bits per heavy atom. The Labute approximate surface area is 114 Å². The molecule has 0 fully saturated rings. The Morgan fingerprint density at radius 3 is 2.58 bits per heavy atom. The van der Waals surface area contributed by atoms with Gasteiger partial charge in [0.15, 0.2) is 0 Å². The smallest absolute Gasteiger partial charge is 0.0681 e. The second-order valence-corrected chi connectivity index (χ2v) is 4.59. The molecule has 2 aromatic rings. The quantitative estimate of drug-likeness (QED) is 0.834. The zero-order valence-corrected chi connectivity index (χ0v) is 11.3. The van der Waals surface area contributed by atoms with E-state index in [1.807, 2.05) is 24.4 Å². The maximum absolute atomic E-state index is 9.08. The first-order valence-electron chi connectivity index (χ1n) is 6.65. The van der Waals surface area contributed by atoms with Crippen molar-refractivity contribution in [2.75, 3.05) is 0 Å². The standard InChI is InChI=1S/C16H20N2O/c1-2-13-6-7-16(18-10-13)11-17-9-14-4-3-5-15(8-14)12-19/h3-8,10,17,19H,2,9,11-12H2,1H3. The summed E-state index contributed by atoms with van der Waals surface area (Å²) in [4.78, 5) is 4.41. The van der Waals surface area contributed by atoms with Gasteiger partial charge in [0.05, 0.1) is 12.3 Å². The van der Waals surface area contributed by atoms with Crippen LogP contribution in [0.1, 0.15) is 29.3 Å². The minimum absolute atomic E-state index is 0.0911. The predicted octanol–water partition coefficient (Wildman–Crippen LogP) is 2.43. The van der Waals surface area contributed by atoms with E-state index in [-0.39, 0.29) is 6.61 Å². The topological polar surface area (TPSA) is 45.1 Å². The van der Waals surface area contributed by atoms with Crippen molar-refractivity contribution in [2.45, 2.75) is 33.0 Å². The summed E-state index contributed by atoms with van der Waals surface area (Å²) in [6.45, 7) is 3.76. The van der Waals surface area contributed by atoms with E-state index in [9.17, 15) is 0 Å². The number of aromatic nitrogens is 1. The lowest BCUT2D eigenvalue weighted by molar-refractivity contribution is 0.281. The summed E-state index contributed by atoms with van der Waals surface area (Å²) in [5, 5.41) is 12.4. The third kappa shape index (κ3) is 4.16. The van der Waals surface area contributed by atoms with E-state index in [1.165, 1.54) is 11.1 Å². The Morgan fingerprint density at radius 1 is 1.05 bits per heavy atom. The molecular weight excluding hydrogens is 236 g/mol. The van der Waals surface area contributed by atoms with Crippen LogP contribution in [0.3, 0.4) is 0 Å². The van der Waals surface area contributed by atoms with Crippen LogP contribution in [0.2, 0.25) is 0 Å². The summed E-state index contributed by atoms with van der Waals surface area (Å²) in [7, 11) is 0. The maximum atomic E-state index is 9.08. The molecule has 1 aromatic carbocycles. The zero-order valence-electron chi connectivity index (χ0n) is 11.3. The van der Waals surface area contributed by atoms with Crippen LogP contribution in [-0.2, 0) is 26.1 Å². The lowest BCUT2D eigenvalue weighted by Gasteiger charge is -2.06. The number of aliphatic hydroxyl groups excluding tert-OH is 1. The molecule has 0 amide bonds. The monoisotopic (exact) mass is 256 g/mol. The molecule has 0 atom stereocenters. The summed E-state index contributed by atoms with van der Waals surface area (Å²) >= 11 is 0. The van der Waals surface area contributed by atoms with Crippen LogP contribution in [-0.4, -0.2) is 10.1 Å². The molecule has 0 aliphatic rings. The van der Waals surface area contributed by atoms with E-state index < -0.39 is 0 Å². The average Bonchev–Trinajstić information content (AvgIpc) is 2.48. The molecule has 3 heteroatoms. The van der Waals surface area contributed by atoms with Crippen molar-refractivity contribution in [3.63, 3.8) is 0 Å². The van der Waals surface area contributed by atoms with Crippen LogP contribution < -0.4 is 5.32 Å². The number of aryl methyl sites for hydroxylation is 1. The molecular formula is C16H20N2O. The summed E-state index contributed by atoms with van der Waals surface area (Å²) in [5.41, 5.74) is 4.44. The summed E-state index contributed by atoms with van der Waals surface area (Å²) in [6.07, 6.45) is 2.96. The fraction of sp³-hybridized carbons (Fsp3) is 0.312. The molecule has 2 rings (SSSR count). The van der Waals surface area contributed by atoms with Crippen molar-refractivity contribution in [2.24, 2.45) is 0 Å². The molecule has 19 heavy (non-hydrogen) atoms. The maximum Gasteiger partial charge on any atom is 0.0681 e. The van der Waals surface area contributed by atoms with E-state index in [4.69, 9.17) is 5.11 Å². The van der Waals surface area contributed by atoms with Crippen LogP contribution >= 0.6 is 0 Å². The number of pyridine rings is 1. The lowest BCUT2D eigenvalue weighted by atomic mass is 10.1. The fourth-order valence-electron chi connectivity index (χ4n) is 1.94. The number of rotatable bonds is 6. The molecule has 1 heterocycles. The van der Waals surface area contributed by atoms with E-state index in [0.29, 0.717) is 0 Å². The second kappa shape index (κ2) is 7.02. The minimum atomic E-state index is 0.0911. The molecule has 0 saturated heterocycles. The van der Waals surface area contributed by atoms with Crippen molar-refractivity contribution in [1.29, 1.82) is 0 Å². The van der Waals surface area contributed by atoms with Crippen LogP contribution in [0, 0.1) is 0 Å². The van der Waals surface area contributed by atoms with Gasteiger partial charge in [0.1, 0.15) is 0 Å². The molecule has 2 N–H and O–H groups in total. The van der Waals surface area contributed by atoms with E-state index >= 15 is 0 Å². The molecule has 0 radical (unpaired) electrons. The van der Waals surface area contributed by atoms with Gasteiger partial charge in [-0.05, 0) is 29.2 Å². The number of nitrogens with one attached hydrogen (secondary N) is 1. The molecule has 3 nitrogen and oxygen atoms in total. The average molecular weight is 256 g/mol. The van der Waals surface area contributed by atoms with Gasteiger partial charge in [-0.1, -0.05) is 37.3 Å². The van der Waals surface area contributed by atoms with Gasteiger partial charge in [0, 0.05) is 19.3 Å². The van der Waals surface area contributed by atoms with Crippen LogP contribution in [0.15, 0.2) is 42.6 Å². The molecule has 0 unspecified atom stereocenters. The first-order valence-corrected chi connectivity index (χ1v) is 6.65. The first kappa shape index (κ1) is 13.7. The predicted molar refractivity (Wildman–Crippen MR) is 76.5 cm³/mol. The Kier molecular flexibility index (Phi) is 5.07. The third-order valence-corrected chi connectivity index (χ3v) is 3.10. The zero-order chi connectivity index (χ0) is 13.5. The molecule has 0 bridgehead atoms. The van der Waals surface area contributed by atoms with Gasteiger partial charge in [-0.2, -0.15) is 0 Å². The van der Waals surface area contributed by atoms with Crippen molar-refractivity contribution < 1.29 is 5.11 Å². The van der Waals surface area contributed by atoms with Gasteiger partial charge in [-0.15, -0.1) is 0 Å². The van der Waals surface area contributed by atoms with Gasteiger partial charge in [0.25, 0.3) is 0 Å². The van der Waals surface area contributed by atoms with Crippen molar-refractivity contribution in [3.8, 4) is 0 Å². The van der Waals surface area contributed by atoms with Gasteiger partial charge < -0.3 is 10.4 Å². The molecule has 0 aliphatic carbocycles. The Hall–Kier alpha value is -1.71. The van der Waals surface area contributed by atoms with E-state index in [0.717, 1.165) is 30.8 Å². The summed E-state index contributed by atoms with van der Waals surface area (Å²) in [6, 6.07) is 12.2. The lowest BCUT2D eigenvalue weighted by Crippen LogP contribution is -2.13.